The van der Waals surface area contributed by atoms with Gasteiger partial charge in [-0.05, 0) is 25.5 Å². The van der Waals surface area contributed by atoms with Gasteiger partial charge >= 0.3 is 5.95 Å². The Balaban J connectivity index is 1.93. The Kier molecular flexibility index (Phi) is 4.77. The summed E-state index contributed by atoms with van der Waals surface area (Å²) in [5, 5.41) is 25.7. The van der Waals surface area contributed by atoms with Gasteiger partial charge in [0.25, 0.3) is 5.91 Å². The number of hydrogen-bond donors (Lipinski definition) is 1. The van der Waals surface area contributed by atoms with Gasteiger partial charge in [-0.3, -0.25) is 4.79 Å². The molecule has 0 aliphatic carbocycles. The van der Waals surface area contributed by atoms with Gasteiger partial charge < -0.3 is 9.63 Å². The molecule has 1 aliphatic rings. The second-order valence-corrected chi connectivity index (χ2v) is 7.85. The fourth-order valence-electron chi connectivity index (χ4n) is 3.09. The van der Waals surface area contributed by atoms with Gasteiger partial charge in [0.1, 0.15) is 5.69 Å². The molecule has 1 amide bonds. The molecule has 2 heterocycles. The van der Waals surface area contributed by atoms with Gasteiger partial charge in [-0.1, -0.05) is 44.1 Å². The van der Waals surface area contributed by atoms with Crippen molar-refractivity contribution in [2.75, 3.05) is 12.1 Å². The summed E-state index contributed by atoms with van der Waals surface area (Å²) in [4.78, 5) is 13.0. The Labute approximate surface area is 158 Å². The van der Waals surface area contributed by atoms with Crippen LogP contribution in [0.3, 0.4) is 0 Å². The summed E-state index contributed by atoms with van der Waals surface area (Å²) in [6.07, 6.45) is 0. The lowest BCUT2D eigenvalue weighted by atomic mass is 9.91. The van der Waals surface area contributed by atoms with Gasteiger partial charge in [0.05, 0.1) is 11.7 Å². The third-order valence-electron chi connectivity index (χ3n) is 4.81. The Bertz CT molecular complexity index is 884. The SMILES string of the molecule is Cc1ccccc1N1C(=O)C(N=Nc2c(C(C)(C)C)noc2O)C(C)N1C. The third-order valence-corrected chi connectivity index (χ3v) is 4.81. The van der Waals surface area contributed by atoms with Crippen LogP contribution in [-0.4, -0.2) is 40.3 Å². The molecule has 1 aliphatic heterocycles. The molecule has 1 N–H and O–H groups in total. The molecule has 1 aromatic carbocycles. The standard InChI is InChI=1S/C19H25N5O3/c1-11-9-7-8-10-13(11)24-17(25)14(12(2)23(24)6)20-21-15-16(19(3,4)5)22-27-18(15)26/h7-10,12,14,26H,1-6H3. The molecule has 0 bridgehead atoms. The van der Waals surface area contributed by atoms with Gasteiger partial charge in [0, 0.05) is 12.5 Å². The molecule has 8 heteroatoms. The van der Waals surface area contributed by atoms with Crippen molar-refractivity contribution in [1.29, 1.82) is 0 Å². The first-order chi connectivity index (χ1) is 12.6. The average molecular weight is 371 g/mol. The van der Waals surface area contributed by atoms with E-state index >= 15 is 0 Å². The van der Waals surface area contributed by atoms with Crippen molar-refractivity contribution in [3.05, 3.63) is 35.5 Å². The Morgan fingerprint density at radius 2 is 1.93 bits per heavy atom. The second kappa shape index (κ2) is 6.77. The maximum absolute atomic E-state index is 13.0. The fraction of sp³-hybridized carbons (Fsp3) is 0.474. The highest BCUT2D eigenvalue weighted by Gasteiger charge is 2.44. The van der Waals surface area contributed by atoms with Gasteiger partial charge in [-0.25, -0.2) is 10.0 Å². The van der Waals surface area contributed by atoms with E-state index < -0.39 is 12.0 Å². The summed E-state index contributed by atoms with van der Waals surface area (Å²) in [5.74, 6) is -0.567. The number of carbonyl (C=O) groups is 1. The van der Waals surface area contributed by atoms with Crippen LogP contribution in [0.4, 0.5) is 11.4 Å². The van der Waals surface area contributed by atoms with Crippen LogP contribution in [0.2, 0.25) is 0 Å². The molecule has 1 fully saturated rings. The first kappa shape index (κ1) is 19.0. The summed E-state index contributed by atoms with van der Waals surface area (Å²) in [6, 6.07) is 6.80. The lowest BCUT2D eigenvalue weighted by Crippen LogP contribution is -2.39. The number of hydrazine groups is 1. The maximum atomic E-state index is 13.0. The number of benzene rings is 1. The number of aryl methyl sites for hydroxylation is 1. The quantitative estimate of drug-likeness (QED) is 0.830. The number of aromatic hydroxyl groups is 1. The topological polar surface area (TPSA) is 94.5 Å². The van der Waals surface area contributed by atoms with E-state index in [1.54, 1.807) is 5.01 Å². The summed E-state index contributed by atoms with van der Waals surface area (Å²) < 4.78 is 4.86. The summed E-state index contributed by atoms with van der Waals surface area (Å²) in [5.41, 5.74) is 2.09. The normalized spacial score (nSPS) is 21.6. The molecular weight excluding hydrogens is 346 g/mol. The highest BCUT2D eigenvalue weighted by atomic mass is 16.5. The first-order valence-electron chi connectivity index (χ1n) is 8.85. The van der Waals surface area contributed by atoms with Crippen LogP contribution >= 0.6 is 0 Å². The number of rotatable bonds is 3. The molecule has 2 atom stereocenters. The van der Waals surface area contributed by atoms with Crippen molar-refractivity contribution < 1.29 is 14.4 Å². The van der Waals surface area contributed by atoms with Crippen molar-refractivity contribution in [2.45, 2.75) is 52.1 Å². The van der Waals surface area contributed by atoms with Crippen molar-refractivity contribution in [1.82, 2.24) is 10.2 Å². The van der Waals surface area contributed by atoms with Gasteiger partial charge in [0.2, 0.25) is 0 Å². The fourth-order valence-corrected chi connectivity index (χ4v) is 3.09. The van der Waals surface area contributed by atoms with Crippen LogP contribution in [0.1, 0.15) is 39.0 Å². The Hall–Kier alpha value is -2.74. The number of para-hydroxylation sites is 1. The molecule has 0 saturated carbocycles. The largest absolute Gasteiger partial charge is 0.478 e. The zero-order valence-corrected chi connectivity index (χ0v) is 16.5. The average Bonchev–Trinajstić information content (AvgIpc) is 3.06. The van der Waals surface area contributed by atoms with Crippen molar-refractivity contribution in [2.24, 2.45) is 10.2 Å². The van der Waals surface area contributed by atoms with Crippen LogP contribution in [0.5, 0.6) is 5.95 Å². The summed E-state index contributed by atoms with van der Waals surface area (Å²) >= 11 is 0. The molecule has 0 radical (unpaired) electrons. The number of likely N-dealkylation sites (N-methyl/N-ethyl adjacent to an activating group) is 1. The number of amides is 1. The van der Waals surface area contributed by atoms with E-state index in [1.807, 2.05) is 70.9 Å². The number of aromatic nitrogens is 1. The van der Waals surface area contributed by atoms with Crippen LogP contribution in [0.25, 0.3) is 0 Å². The Morgan fingerprint density at radius 1 is 1.26 bits per heavy atom. The monoisotopic (exact) mass is 371 g/mol. The van der Waals surface area contributed by atoms with Crippen LogP contribution in [0, 0.1) is 6.92 Å². The van der Waals surface area contributed by atoms with E-state index in [9.17, 15) is 9.90 Å². The highest BCUT2D eigenvalue weighted by Crippen LogP contribution is 2.38. The Morgan fingerprint density at radius 3 is 2.56 bits per heavy atom. The molecule has 144 valence electrons. The van der Waals surface area contributed by atoms with E-state index in [0.717, 1.165) is 11.3 Å². The van der Waals surface area contributed by atoms with Gasteiger partial charge in [-0.2, -0.15) is 5.11 Å². The molecule has 2 aromatic rings. The number of carbonyl (C=O) groups excluding carboxylic acids is 1. The number of anilines is 1. The van der Waals surface area contributed by atoms with E-state index in [0.29, 0.717) is 5.69 Å². The molecule has 2 unspecified atom stereocenters. The number of hydrogen-bond acceptors (Lipinski definition) is 7. The summed E-state index contributed by atoms with van der Waals surface area (Å²) in [7, 11) is 1.85. The molecule has 8 nitrogen and oxygen atoms in total. The predicted molar refractivity (Wildman–Crippen MR) is 101 cm³/mol. The zero-order valence-electron chi connectivity index (χ0n) is 16.5. The molecule has 3 rings (SSSR count). The number of nitrogens with zero attached hydrogens (tertiary/aromatic N) is 5. The van der Waals surface area contributed by atoms with E-state index in [1.165, 1.54) is 0 Å². The lowest BCUT2D eigenvalue weighted by Gasteiger charge is -2.27. The lowest BCUT2D eigenvalue weighted by molar-refractivity contribution is -0.118. The van der Waals surface area contributed by atoms with E-state index in [2.05, 4.69) is 15.4 Å². The van der Waals surface area contributed by atoms with E-state index in [4.69, 9.17) is 4.52 Å². The highest BCUT2D eigenvalue weighted by molar-refractivity contribution is 5.99. The molecule has 0 spiro atoms. The second-order valence-electron chi connectivity index (χ2n) is 7.85. The smallest absolute Gasteiger partial charge is 0.337 e. The predicted octanol–water partition coefficient (Wildman–Crippen LogP) is 3.72. The van der Waals surface area contributed by atoms with Crippen molar-refractivity contribution >= 4 is 17.3 Å². The van der Waals surface area contributed by atoms with Crippen LogP contribution in [-0.2, 0) is 10.2 Å². The van der Waals surface area contributed by atoms with Gasteiger partial charge in [-0.15, -0.1) is 5.11 Å². The summed E-state index contributed by atoms with van der Waals surface area (Å²) in [6.45, 7) is 9.67. The minimum Gasteiger partial charge on any atom is -0.478 e. The molecular formula is C19H25N5O3. The van der Waals surface area contributed by atoms with Crippen molar-refractivity contribution in [3.8, 4) is 5.95 Å². The minimum atomic E-state index is -0.697. The third kappa shape index (κ3) is 3.32. The molecule has 27 heavy (non-hydrogen) atoms. The first-order valence-corrected chi connectivity index (χ1v) is 8.85. The molecule has 1 aromatic heterocycles. The zero-order chi connectivity index (χ0) is 19.9. The van der Waals surface area contributed by atoms with Crippen LogP contribution < -0.4 is 5.01 Å². The molecule has 1 saturated heterocycles. The van der Waals surface area contributed by atoms with Crippen molar-refractivity contribution in [3.63, 3.8) is 0 Å². The number of azo groups is 1. The van der Waals surface area contributed by atoms with E-state index in [-0.39, 0.29) is 23.1 Å². The van der Waals surface area contributed by atoms with Crippen LogP contribution in [0.15, 0.2) is 39.0 Å². The minimum absolute atomic E-state index is 0.166. The maximum Gasteiger partial charge on any atom is 0.337 e. The van der Waals surface area contributed by atoms with Gasteiger partial charge in [0.15, 0.2) is 11.7 Å².